The second kappa shape index (κ2) is 8.82. The number of nitriles is 1. The summed E-state index contributed by atoms with van der Waals surface area (Å²) in [5, 5.41) is 10.8. The van der Waals surface area contributed by atoms with E-state index in [-0.39, 0.29) is 0 Å². The van der Waals surface area contributed by atoms with Gasteiger partial charge >= 0.3 is 0 Å². The molecule has 3 heteroatoms. The molecular weight excluding hydrogens is 456 g/mol. The van der Waals surface area contributed by atoms with Gasteiger partial charge in [-0.25, -0.2) is 0 Å². The van der Waals surface area contributed by atoms with Crippen LogP contribution in [-0.4, -0.2) is 4.98 Å². The highest BCUT2D eigenvalue weighted by Gasteiger charge is 2.23. The number of rotatable bonds is 3. The summed E-state index contributed by atoms with van der Waals surface area (Å²) in [6.45, 7) is 3.93. The molecule has 172 valence electrons. The van der Waals surface area contributed by atoms with E-state index in [4.69, 9.17) is 4.98 Å². The van der Waals surface area contributed by atoms with Gasteiger partial charge in [-0.05, 0) is 89.7 Å². The van der Waals surface area contributed by atoms with Gasteiger partial charge in [0.2, 0.25) is 0 Å². The highest BCUT2D eigenvalue weighted by Crippen LogP contribution is 2.46. The lowest BCUT2D eigenvalue weighted by Gasteiger charge is -2.22. The molecule has 2 nitrogen and oxygen atoms in total. The topological polar surface area (TPSA) is 36.7 Å². The third kappa shape index (κ3) is 3.90. The van der Waals surface area contributed by atoms with Crippen molar-refractivity contribution in [2.75, 3.05) is 0 Å². The van der Waals surface area contributed by atoms with E-state index in [0.29, 0.717) is 0 Å². The first-order chi connectivity index (χ1) is 17.5. The monoisotopic (exact) mass is 480 g/mol. The maximum atomic E-state index is 9.79. The van der Waals surface area contributed by atoms with Gasteiger partial charge in [-0.15, -0.1) is 0 Å². The number of aromatic nitrogens is 1. The molecule has 0 N–H and O–H groups in total. The molecule has 0 unspecified atom stereocenters. The molecule has 0 amide bonds. The first-order valence-corrected chi connectivity index (χ1v) is 12.8. The van der Waals surface area contributed by atoms with Gasteiger partial charge in [0.1, 0.15) is 0 Å². The van der Waals surface area contributed by atoms with Gasteiger partial charge in [0.25, 0.3) is 0 Å². The number of nitrogens with zero attached hydrogens (tertiary/aromatic N) is 2. The lowest BCUT2D eigenvalue weighted by Crippen LogP contribution is -2.14. The fourth-order valence-electron chi connectivity index (χ4n) is 4.78. The van der Waals surface area contributed by atoms with Crippen LogP contribution >= 0.6 is 11.8 Å². The maximum absolute atomic E-state index is 9.79. The van der Waals surface area contributed by atoms with Crippen molar-refractivity contribution in [2.24, 2.45) is 0 Å². The largest absolute Gasteiger partial charge is 0.256 e. The lowest BCUT2D eigenvalue weighted by atomic mass is 9.83. The molecule has 6 rings (SSSR count). The van der Waals surface area contributed by atoms with Crippen LogP contribution in [0, 0.1) is 11.3 Å². The maximum Gasteiger partial charge on any atom is 0.0780 e. The predicted molar refractivity (Wildman–Crippen MR) is 150 cm³/mol. The number of hydrogen-bond acceptors (Lipinski definition) is 3. The minimum atomic E-state index is -0.592. The molecule has 4 aromatic carbocycles. The van der Waals surface area contributed by atoms with Gasteiger partial charge in [0, 0.05) is 26.9 Å². The number of benzene rings is 4. The normalized spacial score (nSPS) is 12.5. The van der Waals surface area contributed by atoms with Crippen molar-refractivity contribution in [3.63, 3.8) is 0 Å². The van der Waals surface area contributed by atoms with Gasteiger partial charge in [0.15, 0.2) is 0 Å². The Kier molecular flexibility index (Phi) is 5.48. The van der Waals surface area contributed by atoms with Crippen molar-refractivity contribution in [3.05, 3.63) is 126 Å². The Labute approximate surface area is 216 Å². The van der Waals surface area contributed by atoms with Crippen molar-refractivity contribution in [2.45, 2.75) is 29.1 Å². The minimum absolute atomic E-state index is 0.592. The summed E-state index contributed by atoms with van der Waals surface area (Å²) in [6, 6.07) is 36.5. The summed E-state index contributed by atoms with van der Waals surface area (Å²) in [6.07, 6.45) is 4.12. The molecule has 1 aliphatic heterocycles. The van der Waals surface area contributed by atoms with Crippen LogP contribution in [0.2, 0.25) is 0 Å². The molecule has 0 saturated carbocycles. The molecule has 5 aromatic rings. The molecule has 1 aliphatic rings. The van der Waals surface area contributed by atoms with E-state index in [2.05, 4.69) is 103 Å². The first kappa shape index (κ1) is 22.3. The molecule has 0 radical (unpaired) electrons. The number of hydrogen-bond donors (Lipinski definition) is 0. The Bertz CT molecular complexity index is 1660. The van der Waals surface area contributed by atoms with E-state index in [1.807, 2.05) is 37.9 Å². The Morgan fingerprint density at radius 2 is 1.50 bits per heavy atom. The van der Waals surface area contributed by atoms with Crippen molar-refractivity contribution >= 4 is 34.3 Å². The third-order valence-electron chi connectivity index (χ3n) is 6.79. The van der Waals surface area contributed by atoms with Gasteiger partial charge in [-0.3, -0.25) is 4.98 Å². The van der Waals surface area contributed by atoms with E-state index < -0.39 is 5.41 Å². The van der Waals surface area contributed by atoms with Crippen molar-refractivity contribution in [1.82, 2.24) is 4.98 Å². The molecule has 0 aliphatic carbocycles. The summed E-state index contributed by atoms with van der Waals surface area (Å²) >= 11 is 1.83. The van der Waals surface area contributed by atoms with E-state index in [0.717, 1.165) is 33.2 Å². The predicted octanol–water partition coefficient (Wildman–Crippen LogP) is 8.76. The Hall–Kier alpha value is -4.13. The molecule has 0 fully saturated rings. The standard InChI is InChI=1S/C33H24N2S/c1-33(2,21-34)25-19-24-11-8-16-35-32(24)28(20-25)23-10-7-9-22(17-23)18-29-26-12-3-5-14-30(26)36-31-15-6-4-13-27(29)31/h3-20H,1-2H3. The Morgan fingerprint density at radius 3 is 2.22 bits per heavy atom. The average Bonchev–Trinajstić information content (AvgIpc) is 2.92. The Morgan fingerprint density at radius 1 is 0.778 bits per heavy atom. The average molecular weight is 481 g/mol. The zero-order valence-corrected chi connectivity index (χ0v) is 21.0. The second-order valence-corrected chi connectivity index (χ2v) is 10.7. The summed E-state index contributed by atoms with van der Waals surface area (Å²) in [5.74, 6) is 0. The highest BCUT2D eigenvalue weighted by molar-refractivity contribution is 7.99. The quantitative estimate of drug-likeness (QED) is 0.254. The van der Waals surface area contributed by atoms with Gasteiger partial charge in [-0.2, -0.15) is 5.26 Å². The van der Waals surface area contributed by atoms with Crippen molar-refractivity contribution in [1.29, 1.82) is 5.26 Å². The van der Waals surface area contributed by atoms with E-state index >= 15 is 0 Å². The van der Waals surface area contributed by atoms with Crippen LogP contribution < -0.4 is 0 Å². The van der Waals surface area contributed by atoms with Crippen molar-refractivity contribution in [3.8, 4) is 17.2 Å². The van der Waals surface area contributed by atoms with Gasteiger partial charge in [0.05, 0.1) is 17.0 Å². The van der Waals surface area contributed by atoms with E-state index in [1.165, 1.54) is 26.5 Å². The third-order valence-corrected chi connectivity index (χ3v) is 7.94. The first-order valence-electron chi connectivity index (χ1n) is 12.0. The van der Waals surface area contributed by atoms with Crippen LogP contribution in [-0.2, 0) is 5.41 Å². The molecule has 2 heterocycles. The van der Waals surface area contributed by atoms with Crippen molar-refractivity contribution < 1.29 is 0 Å². The molecule has 0 saturated heterocycles. The zero-order chi connectivity index (χ0) is 24.7. The molecule has 0 spiro atoms. The van der Waals surface area contributed by atoms with Gasteiger partial charge < -0.3 is 0 Å². The van der Waals surface area contributed by atoms with Crippen LogP contribution in [0.1, 0.15) is 36.1 Å². The lowest BCUT2D eigenvalue weighted by molar-refractivity contribution is 0.688. The molecule has 1 aromatic heterocycles. The number of fused-ring (bicyclic) bond motifs is 3. The summed E-state index contributed by atoms with van der Waals surface area (Å²) < 4.78 is 0. The summed E-state index contributed by atoms with van der Waals surface area (Å²) in [7, 11) is 0. The van der Waals surface area contributed by atoms with Crippen LogP contribution in [0.5, 0.6) is 0 Å². The summed E-state index contributed by atoms with van der Waals surface area (Å²) in [4.78, 5) is 7.27. The SMILES string of the molecule is CC(C)(C#N)c1cc(-c2cccc(C=C3c4ccccc4Sc4ccccc43)c2)c2ncccc2c1. The second-order valence-electron chi connectivity index (χ2n) is 9.61. The fourth-order valence-corrected chi connectivity index (χ4v) is 5.88. The molecule has 36 heavy (non-hydrogen) atoms. The Balaban J connectivity index is 1.53. The smallest absolute Gasteiger partial charge is 0.0780 e. The van der Waals surface area contributed by atoms with Gasteiger partial charge in [-0.1, -0.05) is 72.4 Å². The molecular formula is C33H24N2S. The van der Waals surface area contributed by atoms with Crippen LogP contribution in [0.25, 0.3) is 33.7 Å². The zero-order valence-electron chi connectivity index (χ0n) is 20.2. The number of pyridine rings is 1. The van der Waals surface area contributed by atoms with Crippen LogP contribution in [0.3, 0.4) is 0 Å². The van der Waals surface area contributed by atoms with E-state index in [1.54, 1.807) is 0 Å². The van der Waals surface area contributed by atoms with Crippen LogP contribution in [0.4, 0.5) is 0 Å². The van der Waals surface area contributed by atoms with E-state index in [9.17, 15) is 5.26 Å². The summed E-state index contributed by atoms with van der Waals surface area (Å²) in [5.41, 5.74) is 8.38. The molecule has 0 bridgehead atoms. The minimum Gasteiger partial charge on any atom is -0.256 e. The van der Waals surface area contributed by atoms with Crippen LogP contribution in [0.15, 0.2) is 113 Å². The fraction of sp³-hybridized carbons (Fsp3) is 0.0909. The molecule has 0 atom stereocenters. The highest BCUT2D eigenvalue weighted by atomic mass is 32.2.